The van der Waals surface area contributed by atoms with Gasteiger partial charge in [-0.15, -0.1) is 12.4 Å². The molecular formula is C14H22ClN3O. The molecule has 0 saturated heterocycles. The minimum absolute atomic E-state index is 0. The molecule has 1 aliphatic rings. The van der Waals surface area contributed by atoms with E-state index in [1.54, 1.807) is 18.2 Å². The van der Waals surface area contributed by atoms with Gasteiger partial charge < -0.3 is 10.6 Å². The number of carbonyl (C=O) groups is 1. The number of aromatic nitrogens is 1. The highest BCUT2D eigenvalue weighted by molar-refractivity contribution is 5.93. The maximum atomic E-state index is 12.4. The molecule has 0 aliphatic heterocycles. The molecule has 19 heavy (non-hydrogen) atoms. The average molecular weight is 284 g/mol. The van der Waals surface area contributed by atoms with Crippen LogP contribution in [-0.4, -0.2) is 28.4 Å². The number of pyridine rings is 1. The van der Waals surface area contributed by atoms with Gasteiger partial charge in [0.2, 0.25) is 0 Å². The first kappa shape index (κ1) is 15.8. The average Bonchev–Trinajstić information content (AvgIpc) is 3.13. The summed E-state index contributed by atoms with van der Waals surface area (Å²) in [6.07, 6.45) is 3.27. The van der Waals surface area contributed by atoms with Gasteiger partial charge in [0.15, 0.2) is 0 Å². The molecule has 0 bridgehead atoms. The number of halogens is 1. The van der Waals surface area contributed by atoms with Crippen LogP contribution >= 0.6 is 12.4 Å². The summed E-state index contributed by atoms with van der Waals surface area (Å²) in [5.74, 6) is 1.03. The molecule has 1 aliphatic carbocycles. The van der Waals surface area contributed by atoms with Crippen LogP contribution in [0.5, 0.6) is 0 Å². The monoisotopic (exact) mass is 283 g/mol. The summed E-state index contributed by atoms with van der Waals surface area (Å²) in [4.78, 5) is 18.5. The number of rotatable bonds is 5. The first-order chi connectivity index (χ1) is 8.58. The number of amides is 1. The van der Waals surface area contributed by atoms with Gasteiger partial charge in [0, 0.05) is 12.6 Å². The Bertz CT molecular complexity index is 432. The molecule has 4 nitrogen and oxygen atoms in total. The fraction of sp³-hybridized carbons (Fsp3) is 0.571. The van der Waals surface area contributed by atoms with Crippen molar-refractivity contribution in [2.24, 2.45) is 5.92 Å². The molecule has 1 heterocycles. The molecule has 2 rings (SSSR count). The van der Waals surface area contributed by atoms with Crippen molar-refractivity contribution < 1.29 is 4.79 Å². The SMILES string of the molecule is CC(C)CCN(C(=O)c1cccc(N)n1)C1CC1.Cl. The molecule has 0 atom stereocenters. The summed E-state index contributed by atoms with van der Waals surface area (Å²) in [7, 11) is 0. The summed E-state index contributed by atoms with van der Waals surface area (Å²) < 4.78 is 0. The lowest BCUT2D eigenvalue weighted by molar-refractivity contribution is 0.0729. The van der Waals surface area contributed by atoms with Crippen molar-refractivity contribution in [1.82, 2.24) is 9.88 Å². The van der Waals surface area contributed by atoms with E-state index in [0.717, 1.165) is 25.8 Å². The molecule has 0 aromatic carbocycles. The van der Waals surface area contributed by atoms with E-state index in [2.05, 4.69) is 18.8 Å². The van der Waals surface area contributed by atoms with Crippen LogP contribution in [0.4, 0.5) is 5.82 Å². The van der Waals surface area contributed by atoms with E-state index in [1.165, 1.54) is 0 Å². The zero-order chi connectivity index (χ0) is 13.1. The number of hydrogen-bond donors (Lipinski definition) is 1. The molecule has 0 radical (unpaired) electrons. The van der Waals surface area contributed by atoms with Crippen molar-refractivity contribution in [3.63, 3.8) is 0 Å². The van der Waals surface area contributed by atoms with Gasteiger partial charge in [-0.05, 0) is 37.3 Å². The Morgan fingerprint density at radius 3 is 2.68 bits per heavy atom. The van der Waals surface area contributed by atoms with E-state index in [0.29, 0.717) is 23.5 Å². The predicted octanol–water partition coefficient (Wildman–Crippen LogP) is 2.74. The van der Waals surface area contributed by atoms with Gasteiger partial charge in [0.05, 0.1) is 0 Å². The van der Waals surface area contributed by atoms with E-state index in [9.17, 15) is 4.79 Å². The van der Waals surface area contributed by atoms with Gasteiger partial charge in [0.1, 0.15) is 11.5 Å². The van der Waals surface area contributed by atoms with E-state index in [-0.39, 0.29) is 18.3 Å². The zero-order valence-corrected chi connectivity index (χ0v) is 12.3. The maximum Gasteiger partial charge on any atom is 0.272 e. The molecule has 1 saturated carbocycles. The van der Waals surface area contributed by atoms with Crippen molar-refractivity contribution in [2.75, 3.05) is 12.3 Å². The third-order valence-electron chi connectivity index (χ3n) is 3.19. The zero-order valence-electron chi connectivity index (χ0n) is 11.5. The van der Waals surface area contributed by atoms with Gasteiger partial charge in [-0.1, -0.05) is 19.9 Å². The van der Waals surface area contributed by atoms with E-state index >= 15 is 0 Å². The van der Waals surface area contributed by atoms with Crippen LogP contribution in [0.2, 0.25) is 0 Å². The van der Waals surface area contributed by atoms with Crippen molar-refractivity contribution in [2.45, 2.75) is 39.2 Å². The fourth-order valence-electron chi connectivity index (χ4n) is 1.95. The highest BCUT2D eigenvalue weighted by Crippen LogP contribution is 2.28. The van der Waals surface area contributed by atoms with Crippen molar-refractivity contribution in [1.29, 1.82) is 0 Å². The summed E-state index contributed by atoms with van der Waals surface area (Å²) >= 11 is 0. The lowest BCUT2D eigenvalue weighted by Crippen LogP contribution is -2.35. The van der Waals surface area contributed by atoms with Crippen molar-refractivity contribution in [3.05, 3.63) is 23.9 Å². The molecule has 5 heteroatoms. The number of nitrogens with two attached hydrogens (primary N) is 1. The van der Waals surface area contributed by atoms with Gasteiger partial charge in [-0.3, -0.25) is 4.79 Å². The van der Waals surface area contributed by atoms with Crippen LogP contribution in [0.3, 0.4) is 0 Å². The van der Waals surface area contributed by atoms with Crippen LogP contribution in [0.1, 0.15) is 43.6 Å². The van der Waals surface area contributed by atoms with Crippen molar-refractivity contribution in [3.8, 4) is 0 Å². The maximum absolute atomic E-state index is 12.4. The lowest BCUT2D eigenvalue weighted by Gasteiger charge is -2.23. The smallest absolute Gasteiger partial charge is 0.272 e. The van der Waals surface area contributed by atoms with E-state index < -0.39 is 0 Å². The van der Waals surface area contributed by atoms with E-state index in [1.807, 2.05) is 4.90 Å². The number of nitrogen functional groups attached to an aromatic ring is 1. The highest BCUT2D eigenvalue weighted by atomic mass is 35.5. The second-order valence-corrected chi connectivity index (χ2v) is 5.36. The van der Waals surface area contributed by atoms with Crippen LogP contribution in [0.25, 0.3) is 0 Å². The lowest BCUT2D eigenvalue weighted by atomic mass is 10.1. The quantitative estimate of drug-likeness (QED) is 0.904. The Hall–Kier alpha value is -1.29. The number of hydrogen-bond acceptors (Lipinski definition) is 3. The van der Waals surface area contributed by atoms with Crippen LogP contribution in [0, 0.1) is 5.92 Å². The minimum Gasteiger partial charge on any atom is -0.384 e. The summed E-state index contributed by atoms with van der Waals surface area (Å²) in [6, 6.07) is 5.64. The second-order valence-electron chi connectivity index (χ2n) is 5.36. The number of carbonyl (C=O) groups excluding carboxylic acids is 1. The first-order valence-corrected chi connectivity index (χ1v) is 6.61. The summed E-state index contributed by atoms with van der Waals surface area (Å²) in [5.41, 5.74) is 6.09. The first-order valence-electron chi connectivity index (χ1n) is 6.61. The largest absolute Gasteiger partial charge is 0.384 e. The van der Waals surface area contributed by atoms with Crippen LogP contribution in [0.15, 0.2) is 18.2 Å². The normalized spacial score (nSPS) is 14.1. The molecule has 0 spiro atoms. The Labute approximate surface area is 120 Å². The standard InChI is InChI=1S/C14H21N3O.ClH/c1-10(2)8-9-17(11-6-7-11)14(18)12-4-3-5-13(15)16-12;/h3-5,10-11H,6-9H2,1-2H3,(H2,15,16);1H. The number of anilines is 1. The van der Waals surface area contributed by atoms with Gasteiger partial charge in [-0.2, -0.15) is 0 Å². The molecule has 1 aromatic rings. The summed E-state index contributed by atoms with van der Waals surface area (Å²) in [5, 5.41) is 0. The Morgan fingerprint density at radius 2 is 2.16 bits per heavy atom. The van der Waals surface area contributed by atoms with Crippen LogP contribution in [-0.2, 0) is 0 Å². The third-order valence-corrected chi connectivity index (χ3v) is 3.19. The Morgan fingerprint density at radius 1 is 1.47 bits per heavy atom. The molecule has 106 valence electrons. The Balaban J connectivity index is 0.00000180. The third kappa shape index (κ3) is 4.39. The summed E-state index contributed by atoms with van der Waals surface area (Å²) in [6.45, 7) is 5.17. The van der Waals surface area contributed by atoms with Gasteiger partial charge in [-0.25, -0.2) is 4.98 Å². The highest BCUT2D eigenvalue weighted by Gasteiger charge is 2.33. The molecule has 0 unspecified atom stereocenters. The van der Waals surface area contributed by atoms with E-state index in [4.69, 9.17) is 5.73 Å². The Kier molecular flexibility index (Phi) is 5.60. The van der Waals surface area contributed by atoms with Gasteiger partial charge >= 0.3 is 0 Å². The molecule has 1 amide bonds. The molecule has 1 fully saturated rings. The van der Waals surface area contributed by atoms with Crippen molar-refractivity contribution >= 4 is 24.1 Å². The topological polar surface area (TPSA) is 59.2 Å². The number of nitrogens with zero attached hydrogens (tertiary/aromatic N) is 2. The fourth-order valence-corrected chi connectivity index (χ4v) is 1.95. The molecular weight excluding hydrogens is 262 g/mol. The minimum atomic E-state index is 0. The molecule has 2 N–H and O–H groups in total. The van der Waals surface area contributed by atoms with Crippen LogP contribution < -0.4 is 5.73 Å². The van der Waals surface area contributed by atoms with Gasteiger partial charge in [0.25, 0.3) is 5.91 Å². The molecule has 1 aromatic heterocycles. The predicted molar refractivity (Wildman–Crippen MR) is 79.4 cm³/mol. The second kappa shape index (κ2) is 6.75.